The van der Waals surface area contributed by atoms with E-state index in [0.717, 1.165) is 33.4 Å². The summed E-state index contributed by atoms with van der Waals surface area (Å²) in [6, 6.07) is 46.4. The molecular weight excluding hydrogens is 511 g/mol. The van der Waals surface area contributed by atoms with Gasteiger partial charge in [0.05, 0.1) is 10.6 Å². The predicted octanol–water partition coefficient (Wildman–Crippen LogP) is 8.54. The van der Waals surface area contributed by atoms with Crippen LogP contribution >= 0.6 is 7.14 Å². The summed E-state index contributed by atoms with van der Waals surface area (Å²) < 4.78 is 28.9. The molecule has 8 rings (SSSR count). The maximum atomic E-state index is 15.7. The number of fused-ring (bicyclic) bond motifs is 4. The number of ether oxygens (including phenoxy) is 2. The molecule has 4 heteroatoms. The zero-order chi connectivity index (χ0) is 26.7. The molecule has 0 aliphatic carbocycles. The van der Waals surface area contributed by atoms with Crippen molar-refractivity contribution in [2.24, 2.45) is 0 Å². The van der Waals surface area contributed by atoms with Crippen LogP contribution in [0, 0.1) is 0 Å². The highest BCUT2D eigenvalue weighted by Gasteiger charge is 2.47. The van der Waals surface area contributed by atoms with Gasteiger partial charge in [-0.2, -0.15) is 0 Å². The molecule has 0 N–H and O–H groups in total. The van der Waals surface area contributed by atoms with Gasteiger partial charge in [0.25, 0.3) is 0 Å². The van der Waals surface area contributed by atoms with Crippen LogP contribution < -0.4 is 25.4 Å². The molecule has 0 aromatic heterocycles. The molecule has 0 saturated carbocycles. The van der Waals surface area contributed by atoms with Crippen molar-refractivity contribution >= 4 is 23.1 Å². The van der Waals surface area contributed by atoms with Gasteiger partial charge >= 0.3 is 0 Å². The first kappa shape index (κ1) is 23.1. The minimum Gasteiger partial charge on any atom is -0.456 e. The van der Waals surface area contributed by atoms with Crippen LogP contribution in [0.5, 0.6) is 23.0 Å². The van der Waals surface area contributed by atoms with Crippen molar-refractivity contribution in [2.75, 3.05) is 0 Å². The van der Waals surface area contributed by atoms with Gasteiger partial charge < -0.3 is 14.0 Å². The van der Waals surface area contributed by atoms with E-state index in [2.05, 4.69) is 24.3 Å². The van der Waals surface area contributed by atoms with Gasteiger partial charge in [-0.05, 0) is 64.2 Å². The Labute approximate surface area is 232 Å². The number of hydrogen-bond donors (Lipinski definition) is 0. The Hall–Kier alpha value is -4.85. The lowest BCUT2D eigenvalue weighted by Crippen LogP contribution is -2.35. The molecule has 2 aliphatic rings. The van der Waals surface area contributed by atoms with Crippen LogP contribution in [-0.2, 0) is 4.57 Å². The third-order valence-corrected chi connectivity index (χ3v) is 10.9. The maximum Gasteiger partial charge on any atom is 0.185 e. The van der Waals surface area contributed by atoms with Crippen LogP contribution in [0.3, 0.4) is 0 Å². The van der Waals surface area contributed by atoms with E-state index in [1.807, 2.05) is 115 Å². The van der Waals surface area contributed by atoms with Crippen LogP contribution in [0.2, 0.25) is 0 Å². The van der Waals surface area contributed by atoms with Crippen molar-refractivity contribution in [1.82, 2.24) is 0 Å². The highest BCUT2D eigenvalue weighted by atomic mass is 31.2. The molecule has 0 saturated heterocycles. The molecule has 0 radical (unpaired) electrons. The summed E-state index contributed by atoms with van der Waals surface area (Å²) in [7, 11) is -3.34. The number of benzene rings is 6. The average Bonchev–Trinajstić information content (AvgIpc) is 3.02. The minimum atomic E-state index is -3.34. The number of rotatable bonds is 3. The third-order valence-electron chi connectivity index (χ3n) is 7.74. The lowest BCUT2D eigenvalue weighted by Gasteiger charge is -2.35. The van der Waals surface area contributed by atoms with Crippen LogP contribution in [0.15, 0.2) is 140 Å². The molecule has 190 valence electrons. The molecule has 6 aromatic carbocycles. The Morgan fingerprint density at radius 3 is 1.48 bits per heavy atom. The summed E-state index contributed by atoms with van der Waals surface area (Å²) >= 11 is 0. The topological polar surface area (TPSA) is 35.5 Å². The molecular formula is C36H23O3P. The summed E-state index contributed by atoms with van der Waals surface area (Å²) in [6.07, 6.45) is 0. The fraction of sp³-hybridized carbons (Fsp3) is 0. The SMILES string of the molecule is O=P12c3ccc(-c4ccccc4)cc3Oc3ccc(-c4ccccc4)c(c31)Oc1cc(-c3ccccc3)ccc12. The fourth-order valence-electron chi connectivity index (χ4n) is 5.81. The van der Waals surface area contributed by atoms with Gasteiger partial charge in [-0.3, -0.25) is 0 Å². The molecule has 3 nitrogen and oxygen atoms in total. The molecule has 1 unspecified atom stereocenters. The lowest BCUT2D eigenvalue weighted by atomic mass is 10.0. The Balaban J connectivity index is 1.39. The standard InChI is InChI=1S/C36H23O3P/c37-40-33-20-16-27(24-10-4-1-5-11-24)22-31(33)38-30-19-18-29(26-14-8-3-9-15-26)35(36(30)40)39-32-23-28(17-21-34(32)40)25-12-6-2-7-13-25/h1-23H. The molecule has 2 heterocycles. The van der Waals surface area contributed by atoms with Gasteiger partial charge in [0.1, 0.15) is 28.3 Å². The molecule has 0 fully saturated rings. The van der Waals surface area contributed by atoms with E-state index in [1.54, 1.807) is 0 Å². The van der Waals surface area contributed by atoms with Gasteiger partial charge in [0.2, 0.25) is 0 Å². The molecule has 2 aliphatic heterocycles. The minimum absolute atomic E-state index is 0.577. The van der Waals surface area contributed by atoms with Gasteiger partial charge in [-0.25, -0.2) is 0 Å². The number of hydrogen-bond acceptors (Lipinski definition) is 3. The quantitative estimate of drug-likeness (QED) is 0.213. The van der Waals surface area contributed by atoms with Crippen molar-refractivity contribution in [2.45, 2.75) is 0 Å². The van der Waals surface area contributed by atoms with Gasteiger partial charge in [-0.1, -0.05) is 103 Å². The Kier molecular flexibility index (Phi) is 5.10. The zero-order valence-corrected chi connectivity index (χ0v) is 22.3. The molecule has 0 spiro atoms. The van der Waals surface area contributed by atoms with E-state index in [9.17, 15) is 0 Å². The molecule has 0 bridgehead atoms. The summed E-state index contributed by atoms with van der Waals surface area (Å²) in [4.78, 5) is 0. The zero-order valence-electron chi connectivity index (χ0n) is 21.5. The molecule has 1 atom stereocenters. The van der Waals surface area contributed by atoms with Gasteiger partial charge in [0.15, 0.2) is 7.14 Å². The third kappa shape index (κ3) is 3.42. The highest BCUT2D eigenvalue weighted by molar-refractivity contribution is 7.86. The second-order valence-electron chi connectivity index (χ2n) is 10.1. The van der Waals surface area contributed by atoms with E-state index in [1.165, 1.54) is 0 Å². The lowest BCUT2D eigenvalue weighted by molar-refractivity contribution is 0.463. The summed E-state index contributed by atoms with van der Waals surface area (Å²) in [5.41, 5.74) is 6.08. The van der Waals surface area contributed by atoms with Crippen molar-refractivity contribution in [3.05, 3.63) is 140 Å². The van der Waals surface area contributed by atoms with E-state index in [0.29, 0.717) is 38.9 Å². The monoisotopic (exact) mass is 534 g/mol. The van der Waals surface area contributed by atoms with Crippen molar-refractivity contribution in [1.29, 1.82) is 0 Å². The van der Waals surface area contributed by atoms with Crippen molar-refractivity contribution < 1.29 is 14.0 Å². The fourth-order valence-corrected chi connectivity index (χ4v) is 8.85. The average molecular weight is 535 g/mol. The largest absolute Gasteiger partial charge is 0.456 e. The summed E-state index contributed by atoms with van der Waals surface area (Å²) in [6.45, 7) is 0. The summed E-state index contributed by atoms with van der Waals surface area (Å²) in [5.74, 6) is 2.41. The van der Waals surface area contributed by atoms with Gasteiger partial charge in [0, 0.05) is 5.56 Å². The summed E-state index contributed by atoms with van der Waals surface area (Å²) in [5, 5.41) is 2.03. The van der Waals surface area contributed by atoms with Crippen molar-refractivity contribution in [3.63, 3.8) is 0 Å². The Morgan fingerprint density at radius 2 is 0.925 bits per heavy atom. The smallest absolute Gasteiger partial charge is 0.185 e. The van der Waals surface area contributed by atoms with Crippen LogP contribution in [-0.4, -0.2) is 0 Å². The molecule has 0 amide bonds. The first-order chi connectivity index (χ1) is 19.7. The van der Waals surface area contributed by atoms with Crippen LogP contribution in [0.1, 0.15) is 0 Å². The molecule has 6 aromatic rings. The van der Waals surface area contributed by atoms with Crippen molar-refractivity contribution in [3.8, 4) is 56.4 Å². The van der Waals surface area contributed by atoms with E-state index in [4.69, 9.17) is 9.47 Å². The van der Waals surface area contributed by atoms with Gasteiger partial charge in [-0.15, -0.1) is 0 Å². The predicted molar refractivity (Wildman–Crippen MR) is 162 cm³/mol. The molecule has 40 heavy (non-hydrogen) atoms. The Bertz CT molecular complexity index is 1950. The van der Waals surface area contributed by atoms with E-state index in [-0.39, 0.29) is 0 Å². The maximum absolute atomic E-state index is 15.7. The highest BCUT2D eigenvalue weighted by Crippen LogP contribution is 2.60. The first-order valence-electron chi connectivity index (χ1n) is 13.3. The normalized spacial score (nSPS) is 16.1. The van der Waals surface area contributed by atoms with E-state index >= 15 is 4.57 Å². The Morgan fingerprint density at radius 1 is 0.425 bits per heavy atom. The van der Waals surface area contributed by atoms with Crippen LogP contribution in [0.4, 0.5) is 0 Å². The van der Waals surface area contributed by atoms with E-state index < -0.39 is 7.14 Å². The van der Waals surface area contributed by atoms with Crippen LogP contribution in [0.25, 0.3) is 33.4 Å². The second kappa shape index (κ2) is 8.84. The first-order valence-corrected chi connectivity index (χ1v) is 15.0. The second-order valence-corrected chi connectivity index (χ2v) is 12.7.